The third-order valence-electron chi connectivity index (χ3n) is 2.55. The molecule has 0 fully saturated rings. The number of nitrogens with one attached hydrogen (secondary N) is 2. The molecule has 0 aromatic carbocycles. The largest absolute Gasteiger partial charge is 0.455 e. The second-order valence-electron chi connectivity index (χ2n) is 4.96. The molecule has 1 aromatic rings. The van der Waals surface area contributed by atoms with Crippen molar-refractivity contribution in [1.82, 2.24) is 10.6 Å². The predicted molar refractivity (Wildman–Crippen MR) is 80.0 cm³/mol. The maximum absolute atomic E-state index is 11.4. The van der Waals surface area contributed by atoms with Crippen LogP contribution < -0.4 is 10.6 Å². The predicted octanol–water partition coefficient (Wildman–Crippen LogP) is 1.71. The van der Waals surface area contributed by atoms with Crippen LogP contribution in [0.5, 0.6) is 0 Å². The Morgan fingerprint density at radius 1 is 1.33 bits per heavy atom. The summed E-state index contributed by atoms with van der Waals surface area (Å²) < 4.78 is 4.79. The summed E-state index contributed by atoms with van der Waals surface area (Å²) in [5.41, 5.74) is 0.844. The van der Waals surface area contributed by atoms with Crippen molar-refractivity contribution in [3.8, 4) is 0 Å². The zero-order valence-corrected chi connectivity index (χ0v) is 13.0. The molecule has 0 bridgehead atoms. The van der Waals surface area contributed by atoms with Gasteiger partial charge in [-0.2, -0.15) is 11.3 Å². The number of urea groups is 1. The summed E-state index contributed by atoms with van der Waals surface area (Å²) in [5, 5.41) is 8.36. The molecule has 0 aliphatic rings. The van der Waals surface area contributed by atoms with E-state index in [0.29, 0.717) is 12.5 Å². The second kappa shape index (κ2) is 9.12. The van der Waals surface area contributed by atoms with E-state index in [9.17, 15) is 14.4 Å². The summed E-state index contributed by atoms with van der Waals surface area (Å²) in [6.07, 6.45) is 0.953. The molecule has 3 amide bonds. The molecule has 6 nitrogen and oxygen atoms in total. The molecular formula is C14H20N2O4S. The van der Waals surface area contributed by atoms with Crippen LogP contribution in [-0.4, -0.2) is 31.1 Å². The normalized spacial score (nSPS) is 10.2. The number of carbonyl (C=O) groups excluding carboxylic acids is 3. The topological polar surface area (TPSA) is 84.5 Å². The van der Waals surface area contributed by atoms with E-state index in [1.54, 1.807) is 0 Å². The fourth-order valence-corrected chi connectivity index (χ4v) is 2.11. The Kier molecular flexibility index (Phi) is 7.45. The number of hydrogen-bond acceptors (Lipinski definition) is 5. The minimum absolute atomic E-state index is 0.122. The maximum Gasteiger partial charge on any atom is 0.321 e. The molecule has 2 N–H and O–H groups in total. The Labute approximate surface area is 127 Å². The van der Waals surface area contributed by atoms with E-state index in [-0.39, 0.29) is 6.42 Å². The van der Waals surface area contributed by atoms with Gasteiger partial charge < -0.3 is 10.1 Å². The smallest absolute Gasteiger partial charge is 0.321 e. The van der Waals surface area contributed by atoms with Gasteiger partial charge in [0, 0.05) is 6.54 Å². The number of rotatable bonds is 7. The summed E-state index contributed by atoms with van der Waals surface area (Å²) in [7, 11) is 0. The number of esters is 1. The lowest BCUT2D eigenvalue weighted by Gasteiger charge is -2.08. The van der Waals surface area contributed by atoms with E-state index < -0.39 is 24.5 Å². The molecule has 7 heteroatoms. The van der Waals surface area contributed by atoms with Crippen LogP contribution in [0.25, 0.3) is 0 Å². The molecule has 0 radical (unpaired) electrons. The van der Waals surface area contributed by atoms with Crippen LogP contribution in [0.1, 0.15) is 25.8 Å². The molecule has 0 aliphatic heterocycles. The van der Waals surface area contributed by atoms with Crippen molar-refractivity contribution in [1.29, 1.82) is 0 Å². The van der Waals surface area contributed by atoms with Gasteiger partial charge in [-0.05, 0) is 34.7 Å². The van der Waals surface area contributed by atoms with E-state index in [1.165, 1.54) is 11.3 Å². The number of amides is 3. The van der Waals surface area contributed by atoms with Crippen molar-refractivity contribution >= 4 is 29.2 Å². The molecule has 116 valence electrons. The highest BCUT2D eigenvalue weighted by Crippen LogP contribution is 2.07. The van der Waals surface area contributed by atoms with Gasteiger partial charge >= 0.3 is 12.0 Å². The lowest BCUT2D eigenvalue weighted by atomic mass is 10.1. The molecular weight excluding hydrogens is 292 g/mol. The summed E-state index contributed by atoms with van der Waals surface area (Å²) in [6, 6.07) is 1.24. The second-order valence-corrected chi connectivity index (χ2v) is 5.74. The average molecular weight is 312 g/mol. The van der Waals surface area contributed by atoms with Crippen LogP contribution in [0.15, 0.2) is 16.8 Å². The van der Waals surface area contributed by atoms with Crippen molar-refractivity contribution in [2.24, 2.45) is 5.92 Å². The third kappa shape index (κ3) is 8.09. The van der Waals surface area contributed by atoms with Crippen molar-refractivity contribution in [3.63, 3.8) is 0 Å². The van der Waals surface area contributed by atoms with E-state index in [2.05, 4.69) is 10.6 Å². The first kappa shape index (κ1) is 17.2. The van der Waals surface area contributed by atoms with E-state index in [1.807, 2.05) is 30.7 Å². The summed E-state index contributed by atoms with van der Waals surface area (Å²) in [5.74, 6) is -0.668. The highest BCUT2D eigenvalue weighted by Gasteiger charge is 2.11. The Bertz CT molecular complexity index is 471. The first-order valence-electron chi connectivity index (χ1n) is 6.71. The molecule has 1 aromatic heterocycles. The Balaban J connectivity index is 2.15. The van der Waals surface area contributed by atoms with E-state index in [0.717, 1.165) is 12.0 Å². The fraction of sp³-hybridized carbons (Fsp3) is 0.500. The number of imide groups is 1. The molecule has 0 saturated carbocycles. The van der Waals surface area contributed by atoms with Crippen LogP contribution in [0.3, 0.4) is 0 Å². The first-order valence-corrected chi connectivity index (χ1v) is 7.66. The van der Waals surface area contributed by atoms with E-state index in [4.69, 9.17) is 4.74 Å². The zero-order valence-electron chi connectivity index (χ0n) is 12.2. The van der Waals surface area contributed by atoms with Crippen LogP contribution in [0.4, 0.5) is 4.79 Å². The Morgan fingerprint density at radius 2 is 2.10 bits per heavy atom. The van der Waals surface area contributed by atoms with Crippen LogP contribution in [-0.2, 0) is 20.7 Å². The van der Waals surface area contributed by atoms with Crippen LogP contribution in [0, 0.1) is 5.92 Å². The van der Waals surface area contributed by atoms with Gasteiger partial charge in [-0.3, -0.25) is 14.9 Å². The van der Waals surface area contributed by atoms with Gasteiger partial charge in [-0.15, -0.1) is 0 Å². The standard InChI is InChI=1S/C14H20N2O4S/c1-10(2)3-5-15-14(19)16-12(17)8-20-13(18)7-11-4-6-21-9-11/h4,6,9-10H,3,5,7-8H2,1-2H3,(H2,15,16,17,19). The van der Waals surface area contributed by atoms with Crippen LogP contribution >= 0.6 is 11.3 Å². The fourth-order valence-electron chi connectivity index (χ4n) is 1.44. The van der Waals surface area contributed by atoms with Crippen LogP contribution in [0.2, 0.25) is 0 Å². The van der Waals surface area contributed by atoms with Crippen molar-refractivity contribution in [3.05, 3.63) is 22.4 Å². The molecule has 0 spiro atoms. The van der Waals surface area contributed by atoms with Crippen molar-refractivity contribution in [2.45, 2.75) is 26.7 Å². The van der Waals surface area contributed by atoms with Gasteiger partial charge in [0.25, 0.3) is 5.91 Å². The van der Waals surface area contributed by atoms with Crippen molar-refractivity contribution in [2.75, 3.05) is 13.2 Å². The van der Waals surface area contributed by atoms with Gasteiger partial charge in [0.1, 0.15) is 0 Å². The quantitative estimate of drug-likeness (QED) is 0.751. The molecule has 0 aliphatic carbocycles. The van der Waals surface area contributed by atoms with Gasteiger partial charge in [0.15, 0.2) is 6.61 Å². The monoisotopic (exact) mass is 312 g/mol. The summed E-state index contributed by atoms with van der Waals surface area (Å²) in [6.45, 7) is 4.12. The van der Waals surface area contributed by atoms with Crippen molar-refractivity contribution < 1.29 is 19.1 Å². The van der Waals surface area contributed by atoms with E-state index >= 15 is 0 Å². The molecule has 1 rings (SSSR count). The highest BCUT2D eigenvalue weighted by molar-refractivity contribution is 7.07. The number of ether oxygens (including phenoxy) is 1. The third-order valence-corrected chi connectivity index (χ3v) is 3.29. The molecule has 0 atom stereocenters. The number of thiophene rings is 1. The summed E-state index contributed by atoms with van der Waals surface area (Å²) >= 11 is 1.48. The van der Waals surface area contributed by atoms with Gasteiger partial charge in [-0.25, -0.2) is 4.79 Å². The zero-order chi connectivity index (χ0) is 15.7. The Hall–Kier alpha value is -1.89. The molecule has 21 heavy (non-hydrogen) atoms. The molecule has 1 heterocycles. The number of hydrogen-bond donors (Lipinski definition) is 2. The SMILES string of the molecule is CC(C)CCNC(=O)NC(=O)COC(=O)Cc1ccsc1. The summed E-state index contributed by atoms with van der Waals surface area (Å²) in [4.78, 5) is 34.2. The molecule has 0 saturated heterocycles. The lowest BCUT2D eigenvalue weighted by Crippen LogP contribution is -2.42. The maximum atomic E-state index is 11.4. The minimum Gasteiger partial charge on any atom is -0.455 e. The highest BCUT2D eigenvalue weighted by atomic mass is 32.1. The first-order chi connectivity index (χ1) is 9.97. The Morgan fingerprint density at radius 3 is 2.71 bits per heavy atom. The van der Waals surface area contributed by atoms with Gasteiger partial charge in [-0.1, -0.05) is 13.8 Å². The van der Waals surface area contributed by atoms with Gasteiger partial charge in [0.2, 0.25) is 0 Å². The number of carbonyl (C=O) groups is 3. The minimum atomic E-state index is -0.643. The van der Waals surface area contributed by atoms with Gasteiger partial charge in [0.05, 0.1) is 6.42 Å². The lowest BCUT2D eigenvalue weighted by molar-refractivity contribution is -0.147. The average Bonchev–Trinajstić information content (AvgIpc) is 2.88. The molecule has 0 unspecified atom stereocenters.